The van der Waals surface area contributed by atoms with E-state index in [0.717, 1.165) is 15.1 Å². The van der Waals surface area contributed by atoms with Crippen LogP contribution < -0.4 is 5.73 Å². The van der Waals surface area contributed by atoms with Gasteiger partial charge in [0, 0.05) is 28.1 Å². The van der Waals surface area contributed by atoms with Gasteiger partial charge in [0.25, 0.3) is 0 Å². The van der Waals surface area contributed by atoms with Gasteiger partial charge in [0.05, 0.1) is 0 Å². The van der Waals surface area contributed by atoms with Crippen molar-refractivity contribution in [1.29, 1.82) is 0 Å². The van der Waals surface area contributed by atoms with Crippen molar-refractivity contribution < 1.29 is 0 Å². The van der Waals surface area contributed by atoms with E-state index in [1.54, 1.807) is 0 Å². The Morgan fingerprint density at radius 1 is 1.56 bits per heavy atom. The zero-order chi connectivity index (χ0) is 11.7. The average molecular weight is 304 g/mol. The van der Waals surface area contributed by atoms with Gasteiger partial charge in [-0.15, -0.1) is 0 Å². The van der Waals surface area contributed by atoms with Gasteiger partial charge in [0.2, 0.25) is 0 Å². The molecule has 1 atom stereocenters. The Morgan fingerprint density at radius 3 is 2.75 bits per heavy atom. The van der Waals surface area contributed by atoms with E-state index >= 15 is 0 Å². The molecule has 0 bridgehead atoms. The van der Waals surface area contributed by atoms with E-state index in [9.17, 15) is 0 Å². The van der Waals surface area contributed by atoms with Crippen LogP contribution in [0.1, 0.15) is 24.4 Å². The molecule has 2 N–H and O–H groups in total. The summed E-state index contributed by atoms with van der Waals surface area (Å²) in [4.78, 5) is 2.34. The van der Waals surface area contributed by atoms with Crippen molar-refractivity contribution in [2.24, 2.45) is 5.73 Å². The lowest BCUT2D eigenvalue weighted by Crippen LogP contribution is -2.32. The minimum atomic E-state index is 0.230. The first-order valence-corrected chi connectivity index (χ1v) is 6.67. The molecule has 0 aliphatic heterocycles. The SMILES string of the molecule is CN(C1CC1)C(CN)c1ccc(Br)cc1Cl. The zero-order valence-electron chi connectivity index (χ0n) is 9.29. The van der Waals surface area contributed by atoms with E-state index in [1.807, 2.05) is 12.1 Å². The largest absolute Gasteiger partial charge is 0.329 e. The number of benzene rings is 1. The van der Waals surface area contributed by atoms with Crippen LogP contribution in [0.4, 0.5) is 0 Å². The summed E-state index contributed by atoms with van der Waals surface area (Å²) in [5.74, 6) is 0. The molecule has 1 aromatic carbocycles. The van der Waals surface area contributed by atoms with E-state index in [4.69, 9.17) is 17.3 Å². The van der Waals surface area contributed by atoms with Crippen molar-refractivity contribution in [1.82, 2.24) is 4.90 Å². The van der Waals surface area contributed by atoms with Gasteiger partial charge in [-0.05, 0) is 37.6 Å². The van der Waals surface area contributed by atoms with E-state index in [2.05, 4.69) is 33.9 Å². The maximum absolute atomic E-state index is 6.26. The quantitative estimate of drug-likeness (QED) is 0.925. The van der Waals surface area contributed by atoms with Gasteiger partial charge in [0.15, 0.2) is 0 Å². The predicted molar refractivity (Wildman–Crippen MR) is 71.7 cm³/mol. The van der Waals surface area contributed by atoms with Crippen LogP contribution in [-0.2, 0) is 0 Å². The molecule has 2 rings (SSSR count). The fourth-order valence-electron chi connectivity index (χ4n) is 2.02. The van der Waals surface area contributed by atoms with Gasteiger partial charge >= 0.3 is 0 Å². The fraction of sp³-hybridized carbons (Fsp3) is 0.500. The molecule has 0 aromatic heterocycles. The Hall–Kier alpha value is -0.0900. The van der Waals surface area contributed by atoms with Crippen LogP contribution >= 0.6 is 27.5 Å². The number of likely N-dealkylation sites (N-methyl/N-ethyl adjacent to an activating group) is 1. The summed E-state index contributed by atoms with van der Waals surface area (Å²) in [6.45, 7) is 0.606. The Labute approximate surface area is 110 Å². The molecule has 88 valence electrons. The first-order valence-electron chi connectivity index (χ1n) is 5.50. The first kappa shape index (κ1) is 12.4. The zero-order valence-corrected chi connectivity index (χ0v) is 11.6. The van der Waals surface area contributed by atoms with Crippen molar-refractivity contribution in [2.45, 2.75) is 24.9 Å². The number of nitrogens with two attached hydrogens (primary N) is 1. The van der Waals surface area contributed by atoms with E-state index in [0.29, 0.717) is 12.6 Å². The molecular formula is C12H16BrClN2. The molecule has 1 fully saturated rings. The average Bonchev–Trinajstić information content (AvgIpc) is 3.05. The van der Waals surface area contributed by atoms with E-state index in [-0.39, 0.29) is 6.04 Å². The lowest BCUT2D eigenvalue weighted by Gasteiger charge is -2.28. The molecule has 0 heterocycles. The fourth-order valence-corrected chi connectivity index (χ4v) is 2.82. The maximum Gasteiger partial charge on any atom is 0.0485 e. The lowest BCUT2D eigenvalue weighted by atomic mass is 10.1. The minimum Gasteiger partial charge on any atom is -0.329 e. The summed E-state index contributed by atoms with van der Waals surface area (Å²) < 4.78 is 1.01. The van der Waals surface area contributed by atoms with Crippen LogP contribution in [0, 0.1) is 0 Å². The molecule has 1 aliphatic rings. The second-order valence-corrected chi connectivity index (χ2v) is 5.64. The minimum absolute atomic E-state index is 0.230. The van der Waals surface area contributed by atoms with E-state index < -0.39 is 0 Å². The van der Waals surface area contributed by atoms with Crippen molar-refractivity contribution in [2.75, 3.05) is 13.6 Å². The summed E-state index contributed by atoms with van der Waals surface area (Å²) in [6, 6.07) is 6.93. The van der Waals surface area contributed by atoms with Gasteiger partial charge in [-0.3, -0.25) is 4.90 Å². The Morgan fingerprint density at radius 2 is 2.25 bits per heavy atom. The first-order chi connectivity index (χ1) is 7.63. The van der Waals surface area contributed by atoms with Gasteiger partial charge < -0.3 is 5.73 Å². The predicted octanol–water partition coefficient (Wildman–Crippen LogP) is 3.20. The normalized spacial score (nSPS) is 17.8. The summed E-state index contributed by atoms with van der Waals surface area (Å²) in [5.41, 5.74) is 6.99. The lowest BCUT2D eigenvalue weighted by molar-refractivity contribution is 0.240. The highest BCUT2D eigenvalue weighted by Crippen LogP contribution is 2.35. The van der Waals surface area contributed by atoms with Crippen LogP contribution in [0.5, 0.6) is 0 Å². The maximum atomic E-state index is 6.26. The molecule has 2 nitrogen and oxygen atoms in total. The van der Waals surface area contributed by atoms with Crippen molar-refractivity contribution >= 4 is 27.5 Å². The third kappa shape index (κ3) is 2.59. The smallest absolute Gasteiger partial charge is 0.0485 e. The van der Waals surface area contributed by atoms with Gasteiger partial charge in [-0.1, -0.05) is 33.6 Å². The van der Waals surface area contributed by atoms with Crippen LogP contribution in [0.25, 0.3) is 0 Å². The van der Waals surface area contributed by atoms with Gasteiger partial charge in [-0.2, -0.15) is 0 Å². The molecular weight excluding hydrogens is 288 g/mol. The standard InChI is InChI=1S/C12H16BrClN2/c1-16(9-3-4-9)12(7-15)10-5-2-8(13)6-11(10)14/h2,5-6,9,12H,3-4,7,15H2,1H3. The van der Waals surface area contributed by atoms with E-state index in [1.165, 1.54) is 12.8 Å². The Bertz CT molecular complexity index is 379. The molecule has 1 saturated carbocycles. The van der Waals surface area contributed by atoms with Crippen molar-refractivity contribution in [3.05, 3.63) is 33.3 Å². The Balaban J connectivity index is 2.24. The molecule has 1 aromatic rings. The van der Waals surface area contributed by atoms with Crippen LogP contribution in [0.15, 0.2) is 22.7 Å². The summed E-state index contributed by atoms with van der Waals surface area (Å²) >= 11 is 9.68. The third-order valence-electron chi connectivity index (χ3n) is 3.16. The molecule has 16 heavy (non-hydrogen) atoms. The van der Waals surface area contributed by atoms with Crippen molar-refractivity contribution in [3.8, 4) is 0 Å². The van der Waals surface area contributed by atoms with Crippen LogP contribution in [0.3, 0.4) is 0 Å². The monoisotopic (exact) mass is 302 g/mol. The molecule has 0 amide bonds. The summed E-state index contributed by atoms with van der Waals surface area (Å²) in [7, 11) is 2.13. The molecule has 4 heteroatoms. The highest BCUT2D eigenvalue weighted by Gasteiger charge is 2.31. The second-order valence-electron chi connectivity index (χ2n) is 4.31. The van der Waals surface area contributed by atoms with Crippen LogP contribution in [0.2, 0.25) is 5.02 Å². The molecule has 0 radical (unpaired) electrons. The highest BCUT2D eigenvalue weighted by atomic mass is 79.9. The molecule has 0 saturated heterocycles. The highest BCUT2D eigenvalue weighted by molar-refractivity contribution is 9.10. The number of nitrogens with zero attached hydrogens (tertiary/aromatic N) is 1. The second kappa shape index (κ2) is 5.05. The molecule has 1 unspecified atom stereocenters. The molecule has 0 spiro atoms. The topological polar surface area (TPSA) is 29.3 Å². The number of halogens is 2. The number of hydrogen-bond acceptors (Lipinski definition) is 2. The van der Waals surface area contributed by atoms with Gasteiger partial charge in [0.1, 0.15) is 0 Å². The summed E-state index contributed by atoms with van der Waals surface area (Å²) in [6.07, 6.45) is 2.56. The van der Waals surface area contributed by atoms with Crippen molar-refractivity contribution in [3.63, 3.8) is 0 Å². The van der Waals surface area contributed by atoms with Crippen LogP contribution in [-0.4, -0.2) is 24.5 Å². The number of rotatable bonds is 4. The summed E-state index contributed by atoms with van der Waals surface area (Å²) in [5, 5.41) is 0.789. The third-order valence-corrected chi connectivity index (χ3v) is 3.98. The van der Waals surface area contributed by atoms with Gasteiger partial charge in [-0.25, -0.2) is 0 Å². The Kier molecular flexibility index (Phi) is 3.90. The number of hydrogen-bond donors (Lipinski definition) is 1. The molecule has 1 aliphatic carbocycles.